The van der Waals surface area contributed by atoms with Crippen LogP contribution < -0.4 is 0 Å². The molecule has 0 aromatic carbocycles. The number of hydrogen-bond acceptors (Lipinski definition) is 2. The van der Waals surface area contributed by atoms with E-state index in [0.29, 0.717) is 6.61 Å². The van der Waals surface area contributed by atoms with Crippen molar-refractivity contribution in [3.05, 3.63) is 0 Å². The molecular formula is C10H20O2Si. The van der Waals surface area contributed by atoms with Crippen LogP contribution in [0.2, 0.25) is 19.6 Å². The summed E-state index contributed by atoms with van der Waals surface area (Å²) in [6, 6.07) is 0. The van der Waals surface area contributed by atoms with E-state index in [9.17, 15) is 0 Å². The maximum absolute atomic E-state index is 5.68. The fourth-order valence-corrected chi connectivity index (χ4v) is 1.57. The monoisotopic (exact) mass is 200 g/mol. The first-order valence-electron chi connectivity index (χ1n) is 4.71. The molecule has 0 aliphatic carbocycles. The van der Waals surface area contributed by atoms with Gasteiger partial charge in [-0.05, 0) is 32.5 Å². The van der Waals surface area contributed by atoms with Crippen LogP contribution in [0.5, 0.6) is 0 Å². The average molecular weight is 200 g/mol. The van der Waals surface area contributed by atoms with Gasteiger partial charge in [0.2, 0.25) is 0 Å². The predicted molar refractivity (Wildman–Crippen MR) is 58.2 cm³/mol. The summed E-state index contributed by atoms with van der Waals surface area (Å²) in [5.41, 5.74) is 0. The Morgan fingerprint density at radius 2 is 1.77 bits per heavy atom. The summed E-state index contributed by atoms with van der Waals surface area (Å²) >= 11 is 0. The third-order valence-electron chi connectivity index (χ3n) is 1.40. The van der Waals surface area contributed by atoms with Crippen LogP contribution in [0.25, 0.3) is 0 Å². The molecular weight excluding hydrogens is 180 g/mol. The Bertz CT molecular complexity index is 155. The van der Waals surface area contributed by atoms with Crippen LogP contribution in [-0.4, -0.2) is 28.1 Å². The number of terminal acetylenes is 1. The first-order chi connectivity index (χ1) is 6.06. The van der Waals surface area contributed by atoms with Crippen LogP contribution in [0, 0.1) is 12.3 Å². The third-order valence-corrected chi connectivity index (χ3v) is 2.47. The van der Waals surface area contributed by atoms with E-state index in [2.05, 4.69) is 25.6 Å². The first-order valence-corrected chi connectivity index (χ1v) is 8.12. The van der Waals surface area contributed by atoms with Gasteiger partial charge in [0.25, 0.3) is 0 Å². The molecule has 0 heterocycles. The minimum Gasteiger partial charge on any atom is -0.418 e. The second kappa shape index (κ2) is 7.13. The van der Waals surface area contributed by atoms with Crippen LogP contribution in [0.4, 0.5) is 0 Å². The summed E-state index contributed by atoms with van der Waals surface area (Å²) in [6.07, 6.45) is 7.13. The fraction of sp³-hybridized carbons (Fsp3) is 0.800. The van der Waals surface area contributed by atoms with Gasteiger partial charge in [0.05, 0.1) is 0 Å². The molecule has 0 aliphatic rings. The van der Waals surface area contributed by atoms with E-state index >= 15 is 0 Å². The lowest BCUT2D eigenvalue weighted by atomic mass is 10.3. The SMILES string of the molecule is C#CCOCCCCO[Si](C)(C)C. The highest BCUT2D eigenvalue weighted by Crippen LogP contribution is 2.03. The summed E-state index contributed by atoms with van der Waals surface area (Å²) in [5.74, 6) is 2.44. The molecule has 0 saturated heterocycles. The Morgan fingerprint density at radius 1 is 1.15 bits per heavy atom. The lowest BCUT2D eigenvalue weighted by molar-refractivity contribution is 0.156. The summed E-state index contributed by atoms with van der Waals surface area (Å²) < 4.78 is 10.8. The van der Waals surface area contributed by atoms with E-state index in [1.54, 1.807) is 0 Å². The molecule has 0 aromatic rings. The van der Waals surface area contributed by atoms with Crippen LogP contribution in [-0.2, 0) is 9.16 Å². The molecule has 0 N–H and O–H groups in total. The summed E-state index contributed by atoms with van der Waals surface area (Å²) in [4.78, 5) is 0. The fourth-order valence-electron chi connectivity index (χ4n) is 0.816. The van der Waals surface area contributed by atoms with Crippen molar-refractivity contribution < 1.29 is 9.16 Å². The topological polar surface area (TPSA) is 18.5 Å². The van der Waals surface area contributed by atoms with E-state index in [0.717, 1.165) is 26.1 Å². The van der Waals surface area contributed by atoms with Crippen molar-refractivity contribution in [2.24, 2.45) is 0 Å². The van der Waals surface area contributed by atoms with Crippen molar-refractivity contribution in [3.8, 4) is 12.3 Å². The summed E-state index contributed by atoms with van der Waals surface area (Å²) in [7, 11) is -1.31. The average Bonchev–Trinajstić information content (AvgIpc) is 2.01. The second-order valence-electron chi connectivity index (χ2n) is 3.92. The minimum atomic E-state index is -1.31. The molecule has 76 valence electrons. The van der Waals surface area contributed by atoms with Gasteiger partial charge in [-0.2, -0.15) is 0 Å². The van der Waals surface area contributed by atoms with Crippen molar-refractivity contribution in [2.75, 3.05) is 19.8 Å². The number of ether oxygens (including phenoxy) is 1. The number of rotatable bonds is 7. The molecule has 3 heteroatoms. The van der Waals surface area contributed by atoms with Gasteiger partial charge < -0.3 is 9.16 Å². The lowest BCUT2D eigenvalue weighted by Crippen LogP contribution is -2.25. The highest BCUT2D eigenvalue weighted by molar-refractivity contribution is 6.69. The Balaban J connectivity index is 3.05. The molecule has 0 aliphatic heterocycles. The number of unbranched alkanes of at least 4 members (excludes halogenated alkanes) is 1. The zero-order valence-electron chi connectivity index (χ0n) is 8.93. The van der Waals surface area contributed by atoms with Gasteiger partial charge in [-0.15, -0.1) is 6.42 Å². The largest absolute Gasteiger partial charge is 0.418 e. The van der Waals surface area contributed by atoms with Crippen molar-refractivity contribution >= 4 is 8.32 Å². The Kier molecular flexibility index (Phi) is 6.97. The van der Waals surface area contributed by atoms with Crippen molar-refractivity contribution in [3.63, 3.8) is 0 Å². The van der Waals surface area contributed by atoms with E-state index in [-0.39, 0.29) is 0 Å². The summed E-state index contributed by atoms with van der Waals surface area (Å²) in [6.45, 7) is 8.62. The molecule has 0 rings (SSSR count). The second-order valence-corrected chi connectivity index (χ2v) is 8.44. The van der Waals surface area contributed by atoms with Crippen LogP contribution in [0.15, 0.2) is 0 Å². The molecule has 0 unspecified atom stereocenters. The van der Waals surface area contributed by atoms with E-state index in [4.69, 9.17) is 15.6 Å². The van der Waals surface area contributed by atoms with Crippen LogP contribution in [0.1, 0.15) is 12.8 Å². The quantitative estimate of drug-likeness (QED) is 0.356. The van der Waals surface area contributed by atoms with Gasteiger partial charge in [0, 0.05) is 13.2 Å². The first kappa shape index (κ1) is 12.7. The normalized spacial score (nSPS) is 11.2. The molecule has 0 spiro atoms. The highest BCUT2D eigenvalue weighted by atomic mass is 28.4. The van der Waals surface area contributed by atoms with Gasteiger partial charge in [0.1, 0.15) is 6.61 Å². The minimum absolute atomic E-state index is 0.425. The molecule has 0 saturated carbocycles. The maximum atomic E-state index is 5.68. The molecule has 0 bridgehead atoms. The van der Waals surface area contributed by atoms with Crippen molar-refractivity contribution in [2.45, 2.75) is 32.5 Å². The van der Waals surface area contributed by atoms with Gasteiger partial charge in [0.15, 0.2) is 8.32 Å². The Labute approximate surface area is 82.8 Å². The smallest absolute Gasteiger partial charge is 0.183 e. The predicted octanol–water partition coefficient (Wildman–Crippen LogP) is 2.27. The molecule has 0 atom stereocenters. The molecule has 2 nitrogen and oxygen atoms in total. The van der Waals surface area contributed by atoms with Crippen molar-refractivity contribution in [1.82, 2.24) is 0 Å². The van der Waals surface area contributed by atoms with Crippen molar-refractivity contribution in [1.29, 1.82) is 0 Å². The van der Waals surface area contributed by atoms with Crippen LogP contribution in [0.3, 0.4) is 0 Å². The zero-order chi connectivity index (χ0) is 10.2. The molecule has 0 aromatic heterocycles. The molecule has 13 heavy (non-hydrogen) atoms. The molecule has 0 amide bonds. The highest BCUT2D eigenvalue weighted by Gasteiger charge is 2.12. The van der Waals surface area contributed by atoms with Crippen LogP contribution >= 0.6 is 0 Å². The maximum Gasteiger partial charge on any atom is 0.183 e. The number of hydrogen-bond donors (Lipinski definition) is 0. The lowest BCUT2D eigenvalue weighted by Gasteiger charge is -2.16. The standard InChI is InChI=1S/C10H20O2Si/c1-5-8-11-9-6-7-10-12-13(2,3)4/h1H,6-10H2,2-4H3. The zero-order valence-corrected chi connectivity index (χ0v) is 9.93. The summed E-state index contributed by atoms with van der Waals surface area (Å²) in [5, 5.41) is 0. The van der Waals surface area contributed by atoms with Gasteiger partial charge in [-0.1, -0.05) is 5.92 Å². The van der Waals surface area contributed by atoms with E-state index in [1.165, 1.54) is 0 Å². The van der Waals surface area contributed by atoms with E-state index < -0.39 is 8.32 Å². The Hall–Kier alpha value is -0.303. The van der Waals surface area contributed by atoms with E-state index in [1.807, 2.05) is 0 Å². The van der Waals surface area contributed by atoms with Gasteiger partial charge >= 0.3 is 0 Å². The van der Waals surface area contributed by atoms with Gasteiger partial charge in [-0.3, -0.25) is 0 Å². The third kappa shape index (κ3) is 11.7. The Morgan fingerprint density at radius 3 is 2.31 bits per heavy atom. The molecule has 0 fully saturated rings. The van der Waals surface area contributed by atoms with Gasteiger partial charge in [-0.25, -0.2) is 0 Å². The molecule has 0 radical (unpaired) electrons.